The largest absolute Gasteiger partial charge is 0.371 e. The summed E-state index contributed by atoms with van der Waals surface area (Å²) in [5.41, 5.74) is 0. The second-order valence-corrected chi connectivity index (χ2v) is 2.55. The predicted octanol–water partition coefficient (Wildman–Crippen LogP) is -0.732. The number of hydrogen-bond acceptors (Lipinski definition) is 4. The average Bonchev–Trinajstić information content (AvgIpc) is 2.42. The van der Waals surface area contributed by atoms with Crippen LogP contribution >= 0.6 is 0 Å². The molecule has 1 rings (SSSR count). The predicted molar refractivity (Wildman–Crippen MR) is 43.5 cm³/mol. The van der Waals surface area contributed by atoms with Crippen molar-refractivity contribution >= 4 is 11.8 Å². The van der Waals surface area contributed by atoms with E-state index in [1.165, 1.54) is 12.2 Å². The lowest BCUT2D eigenvalue weighted by Gasteiger charge is -2.12. The van der Waals surface area contributed by atoms with Gasteiger partial charge in [0.25, 0.3) is 11.8 Å². The normalized spacial score (nSPS) is 15.9. The number of aliphatic hydroxyl groups excluding tert-OH is 1. The third-order valence-corrected chi connectivity index (χ3v) is 1.66. The fraction of sp³-hybridized carbons (Fsp3) is 0.500. The Morgan fingerprint density at radius 1 is 1.31 bits per heavy atom. The van der Waals surface area contributed by atoms with Crippen LogP contribution in [-0.4, -0.2) is 41.8 Å². The standard InChI is InChI=1S/C8H11NO4/c10-6-13-5-1-4-9-7(11)2-3-8(9)12/h2-3,10H,1,4-6H2. The minimum atomic E-state index is -0.333. The lowest BCUT2D eigenvalue weighted by Crippen LogP contribution is -2.31. The van der Waals surface area contributed by atoms with Crippen molar-refractivity contribution in [2.45, 2.75) is 6.42 Å². The Morgan fingerprint density at radius 2 is 1.92 bits per heavy atom. The summed E-state index contributed by atoms with van der Waals surface area (Å²) >= 11 is 0. The molecule has 5 nitrogen and oxygen atoms in total. The Bertz CT molecular complexity index is 218. The van der Waals surface area contributed by atoms with Crippen LogP contribution in [-0.2, 0) is 14.3 Å². The average molecular weight is 185 g/mol. The van der Waals surface area contributed by atoms with E-state index in [1.807, 2.05) is 0 Å². The minimum Gasteiger partial charge on any atom is -0.371 e. The van der Waals surface area contributed by atoms with Gasteiger partial charge in [0, 0.05) is 18.7 Å². The number of imide groups is 1. The first-order chi connectivity index (χ1) is 6.25. The van der Waals surface area contributed by atoms with Crippen molar-refractivity contribution in [2.75, 3.05) is 19.9 Å². The highest BCUT2D eigenvalue weighted by Crippen LogP contribution is 2.03. The summed E-state index contributed by atoms with van der Waals surface area (Å²) in [7, 11) is 0. The molecule has 0 fully saturated rings. The number of aliphatic hydroxyl groups is 1. The Hall–Kier alpha value is -1.20. The van der Waals surface area contributed by atoms with Crippen LogP contribution in [0.4, 0.5) is 0 Å². The number of carbonyl (C=O) groups is 2. The monoisotopic (exact) mass is 185 g/mol. The smallest absolute Gasteiger partial charge is 0.253 e. The van der Waals surface area contributed by atoms with Gasteiger partial charge in [-0.05, 0) is 6.42 Å². The van der Waals surface area contributed by atoms with Gasteiger partial charge in [-0.1, -0.05) is 0 Å². The molecule has 5 heteroatoms. The van der Waals surface area contributed by atoms with E-state index in [4.69, 9.17) is 5.11 Å². The molecule has 0 radical (unpaired) electrons. The molecule has 1 aliphatic rings. The van der Waals surface area contributed by atoms with E-state index in [1.54, 1.807) is 0 Å². The number of carbonyl (C=O) groups excluding carboxylic acids is 2. The highest BCUT2D eigenvalue weighted by atomic mass is 16.6. The Kier molecular flexibility index (Phi) is 3.60. The zero-order valence-corrected chi connectivity index (χ0v) is 7.10. The molecular weight excluding hydrogens is 174 g/mol. The van der Waals surface area contributed by atoms with Gasteiger partial charge in [0.05, 0.1) is 6.61 Å². The summed E-state index contributed by atoms with van der Waals surface area (Å²) < 4.78 is 4.65. The zero-order valence-electron chi connectivity index (χ0n) is 7.10. The maximum absolute atomic E-state index is 11.0. The molecule has 0 unspecified atom stereocenters. The lowest BCUT2D eigenvalue weighted by atomic mass is 10.4. The van der Waals surface area contributed by atoms with E-state index < -0.39 is 0 Å². The molecular formula is C8H11NO4. The Balaban J connectivity index is 2.22. The van der Waals surface area contributed by atoms with Gasteiger partial charge in [-0.15, -0.1) is 0 Å². The minimum absolute atomic E-state index is 0.283. The summed E-state index contributed by atoms with van der Waals surface area (Å²) in [6.07, 6.45) is 3.03. The molecule has 0 aromatic carbocycles. The first-order valence-corrected chi connectivity index (χ1v) is 3.98. The van der Waals surface area contributed by atoms with Crippen LogP contribution in [0.1, 0.15) is 6.42 Å². The van der Waals surface area contributed by atoms with Gasteiger partial charge < -0.3 is 9.84 Å². The summed E-state index contributed by atoms with van der Waals surface area (Å²) in [5, 5.41) is 8.28. The number of amides is 2. The number of ether oxygens (including phenoxy) is 1. The van der Waals surface area contributed by atoms with Crippen molar-refractivity contribution in [3.63, 3.8) is 0 Å². The van der Waals surface area contributed by atoms with Crippen LogP contribution in [0, 0.1) is 0 Å². The molecule has 0 aromatic rings. The number of nitrogens with zero attached hydrogens (tertiary/aromatic N) is 1. The van der Waals surface area contributed by atoms with Crippen molar-refractivity contribution in [1.82, 2.24) is 4.90 Å². The van der Waals surface area contributed by atoms with Gasteiger partial charge in [-0.25, -0.2) is 0 Å². The van der Waals surface area contributed by atoms with Crippen molar-refractivity contribution in [2.24, 2.45) is 0 Å². The molecule has 0 spiro atoms. The molecule has 1 N–H and O–H groups in total. The van der Waals surface area contributed by atoms with Crippen LogP contribution in [0.3, 0.4) is 0 Å². The van der Waals surface area contributed by atoms with Crippen LogP contribution in [0.25, 0.3) is 0 Å². The van der Waals surface area contributed by atoms with E-state index in [2.05, 4.69) is 4.74 Å². The first kappa shape index (κ1) is 9.88. The second-order valence-electron chi connectivity index (χ2n) is 2.55. The summed E-state index contributed by atoms with van der Waals surface area (Å²) in [6.45, 7) is 0.346. The van der Waals surface area contributed by atoms with Crippen molar-refractivity contribution < 1.29 is 19.4 Å². The molecule has 0 saturated heterocycles. The topological polar surface area (TPSA) is 66.8 Å². The molecule has 1 heterocycles. The van der Waals surface area contributed by atoms with Crippen LogP contribution in [0.2, 0.25) is 0 Å². The molecule has 72 valence electrons. The van der Waals surface area contributed by atoms with E-state index in [0.717, 1.165) is 4.90 Å². The van der Waals surface area contributed by atoms with E-state index in [-0.39, 0.29) is 18.6 Å². The Morgan fingerprint density at radius 3 is 2.46 bits per heavy atom. The molecule has 0 aromatic heterocycles. The summed E-state index contributed by atoms with van der Waals surface area (Å²) in [6, 6.07) is 0. The van der Waals surface area contributed by atoms with Gasteiger partial charge in [0.2, 0.25) is 0 Å². The quantitative estimate of drug-likeness (QED) is 0.348. The molecule has 0 bridgehead atoms. The fourth-order valence-corrected chi connectivity index (χ4v) is 1.04. The highest BCUT2D eigenvalue weighted by molar-refractivity contribution is 6.12. The first-order valence-electron chi connectivity index (χ1n) is 3.98. The van der Waals surface area contributed by atoms with Gasteiger partial charge in [-0.3, -0.25) is 14.5 Å². The summed E-state index contributed by atoms with van der Waals surface area (Å²) in [5.74, 6) is -0.567. The molecule has 0 aliphatic carbocycles. The zero-order chi connectivity index (χ0) is 9.68. The third kappa shape index (κ3) is 2.64. The maximum Gasteiger partial charge on any atom is 0.253 e. The van der Waals surface area contributed by atoms with Gasteiger partial charge in [0.1, 0.15) is 6.79 Å². The highest BCUT2D eigenvalue weighted by Gasteiger charge is 2.22. The number of hydrogen-bond donors (Lipinski definition) is 1. The lowest BCUT2D eigenvalue weighted by molar-refractivity contribution is -0.137. The van der Waals surface area contributed by atoms with Crippen molar-refractivity contribution in [1.29, 1.82) is 0 Å². The molecule has 0 atom stereocenters. The van der Waals surface area contributed by atoms with Gasteiger partial charge in [-0.2, -0.15) is 0 Å². The van der Waals surface area contributed by atoms with Gasteiger partial charge in [0.15, 0.2) is 0 Å². The SMILES string of the molecule is O=C1C=CC(=O)N1CCCOCO. The van der Waals surface area contributed by atoms with E-state index in [0.29, 0.717) is 19.6 Å². The maximum atomic E-state index is 11.0. The van der Waals surface area contributed by atoms with Crippen LogP contribution < -0.4 is 0 Å². The third-order valence-electron chi connectivity index (χ3n) is 1.66. The summed E-state index contributed by atoms with van der Waals surface area (Å²) in [4.78, 5) is 23.1. The van der Waals surface area contributed by atoms with E-state index >= 15 is 0 Å². The molecule has 13 heavy (non-hydrogen) atoms. The number of rotatable bonds is 5. The van der Waals surface area contributed by atoms with Crippen molar-refractivity contribution in [3.8, 4) is 0 Å². The second kappa shape index (κ2) is 4.74. The molecule has 0 saturated carbocycles. The van der Waals surface area contributed by atoms with E-state index in [9.17, 15) is 9.59 Å². The fourth-order valence-electron chi connectivity index (χ4n) is 1.04. The van der Waals surface area contributed by atoms with Crippen molar-refractivity contribution in [3.05, 3.63) is 12.2 Å². The van der Waals surface area contributed by atoms with Gasteiger partial charge >= 0.3 is 0 Å². The molecule has 1 aliphatic heterocycles. The van der Waals surface area contributed by atoms with Crippen LogP contribution in [0.5, 0.6) is 0 Å². The Labute approximate surface area is 75.6 Å². The molecule has 2 amide bonds. The van der Waals surface area contributed by atoms with Crippen LogP contribution in [0.15, 0.2) is 12.2 Å².